The largest absolute Gasteiger partial charge is 0.485 e. The molecule has 0 fully saturated rings. The number of fused-ring (bicyclic) bond motifs is 2. The fourth-order valence-electron chi connectivity index (χ4n) is 3.11. The first-order valence-electron chi connectivity index (χ1n) is 7.38. The van der Waals surface area contributed by atoms with Crippen molar-refractivity contribution in [2.75, 3.05) is 11.5 Å². The Labute approximate surface area is 138 Å². The van der Waals surface area contributed by atoms with Crippen molar-refractivity contribution in [3.8, 4) is 5.75 Å². The molecule has 0 bridgehead atoms. The Morgan fingerprint density at radius 2 is 2.00 bits per heavy atom. The number of hydrogen-bond acceptors (Lipinski definition) is 5. The summed E-state index contributed by atoms with van der Waals surface area (Å²) in [5.74, 6) is 1.15. The summed E-state index contributed by atoms with van der Waals surface area (Å²) >= 11 is 6.12. The summed E-state index contributed by atoms with van der Waals surface area (Å²) in [6, 6.07) is 11.5. The lowest BCUT2D eigenvalue weighted by Crippen LogP contribution is -2.06. The molecule has 116 valence electrons. The molecule has 1 aliphatic rings. The van der Waals surface area contributed by atoms with Gasteiger partial charge in [-0.2, -0.15) is 4.98 Å². The van der Waals surface area contributed by atoms with Gasteiger partial charge in [0.15, 0.2) is 0 Å². The van der Waals surface area contributed by atoms with Crippen molar-refractivity contribution in [1.82, 2.24) is 9.97 Å². The van der Waals surface area contributed by atoms with Crippen LogP contribution in [0.25, 0.3) is 10.9 Å². The molecule has 0 amide bonds. The van der Waals surface area contributed by atoms with E-state index >= 15 is 0 Å². The number of nitrogens with two attached hydrogens (primary N) is 2. The van der Waals surface area contributed by atoms with Crippen LogP contribution in [0.1, 0.15) is 23.7 Å². The molecule has 4 N–H and O–H groups in total. The fourth-order valence-corrected chi connectivity index (χ4v) is 3.29. The number of aromatic nitrogens is 2. The maximum Gasteiger partial charge on any atom is 0.222 e. The first kappa shape index (κ1) is 14.1. The highest BCUT2D eigenvalue weighted by Crippen LogP contribution is 2.39. The molecule has 0 aliphatic heterocycles. The zero-order chi connectivity index (χ0) is 16.0. The molecule has 1 aromatic heterocycles. The molecule has 3 aromatic rings. The second kappa shape index (κ2) is 5.28. The molecule has 1 unspecified atom stereocenters. The topological polar surface area (TPSA) is 87.0 Å². The Morgan fingerprint density at radius 1 is 1.13 bits per heavy atom. The van der Waals surface area contributed by atoms with E-state index in [4.69, 9.17) is 27.8 Å². The second-order valence-electron chi connectivity index (χ2n) is 5.61. The summed E-state index contributed by atoms with van der Waals surface area (Å²) in [6.45, 7) is 0. The summed E-state index contributed by atoms with van der Waals surface area (Å²) in [7, 11) is 0. The number of benzene rings is 2. The monoisotopic (exact) mass is 326 g/mol. The number of aryl methyl sites for hydroxylation is 1. The lowest BCUT2D eigenvalue weighted by molar-refractivity contribution is 0.210. The average molecular weight is 327 g/mol. The molecular weight excluding hydrogens is 312 g/mol. The van der Waals surface area contributed by atoms with Gasteiger partial charge in [-0.25, -0.2) is 4.98 Å². The number of anilines is 2. The molecule has 1 aliphatic carbocycles. The molecule has 4 rings (SSSR count). The van der Waals surface area contributed by atoms with Crippen LogP contribution in [-0.4, -0.2) is 9.97 Å². The second-order valence-corrected chi connectivity index (χ2v) is 6.04. The standard InChI is InChI=1S/C17H15ClN4O/c18-10-6-4-9-5-7-13(11(9)8-10)23-14-3-1-2-12-15(14)16(19)22-17(20)21-12/h1-4,6,8,13H,5,7H2,(H4,19,20,21,22). The van der Waals surface area contributed by atoms with Gasteiger partial charge in [0.1, 0.15) is 17.7 Å². The van der Waals surface area contributed by atoms with Gasteiger partial charge in [-0.05, 0) is 48.2 Å². The number of ether oxygens (including phenoxy) is 1. The summed E-state index contributed by atoms with van der Waals surface area (Å²) in [5, 5.41) is 1.41. The molecule has 6 heteroatoms. The van der Waals surface area contributed by atoms with Gasteiger partial charge >= 0.3 is 0 Å². The van der Waals surface area contributed by atoms with E-state index in [9.17, 15) is 0 Å². The third kappa shape index (κ3) is 2.43. The van der Waals surface area contributed by atoms with E-state index in [1.54, 1.807) is 0 Å². The minimum Gasteiger partial charge on any atom is -0.485 e. The average Bonchev–Trinajstić information content (AvgIpc) is 2.89. The zero-order valence-corrected chi connectivity index (χ0v) is 13.0. The van der Waals surface area contributed by atoms with Crippen molar-refractivity contribution >= 4 is 34.3 Å². The quantitative estimate of drug-likeness (QED) is 0.752. The molecule has 0 radical (unpaired) electrons. The highest BCUT2D eigenvalue weighted by Gasteiger charge is 2.25. The van der Waals surface area contributed by atoms with E-state index in [0.717, 1.165) is 18.4 Å². The van der Waals surface area contributed by atoms with Crippen LogP contribution in [0, 0.1) is 0 Å². The van der Waals surface area contributed by atoms with E-state index in [1.807, 2.05) is 30.3 Å². The van der Waals surface area contributed by atoms with E-state index in [2.05, 4.69) is 16.0 Å². The van der Waals surface area contributed by atoms with Gasteiger partial charge < -0.3 is 16.2 Å². The maximum absolute atomic E-state index is 6.23. The summed E-state index contributed by atoms with van der Waals surface area (Å²) in [5.41, 5.74) is 14.8. The minimum atomic E-state index is -0.0498. The Hall–Kier alpha value is -2.53. The number of nitrogens with zero attached hydrogens (tertiary/aromatic N) is 2. The van der Waals surface area contributed by atoms with Crippen molar-refractivity contribution in [1.29, 1.82) is 0 Å². The summed E-state index contributed by atoms with van der Waals surface area (Å²) in [6.07, 6.45) is 1.83. The molecule has 23 heavy (non-hydrogen) atoms. The smallest absolute Gasteiger partial charge is 0.222 e. The zero-order valence-electron chi connectivity index (χ0n) is 12.3. The van der Waals surface area contributed by atoms with Crippen LogP contribution < -0.4 is 16.2 Å². The van der Waals surface area contributed by atoms with Crippen molar-refractivity contribution in [3.05, 3.63) is 52.5 Å². The van der Waals surface area contributed by atoms with Crippen molar-refractivity contribution in [2.45, 2.75) is 18.9 Å². The van der Waals surface area contributed by atoms with Gasteiger partial charge in [0.05, 0.1) is 10.9 Å². The number of nitrogen functional groups attached to an aromatic ring is 2. The van der Waals surface area contributed by atoms with E-state index < -0.39 is 0 Å². The fraction of sp³-hybridized carbons (Fsp3) is 0.176. The SMILES string of the molecule is Nc1nc(N)c2c(OC3CCc4ccc(Cl)cc43)cccc2n1. The number of rotatable bonds is 2. The van der Waals surface area contributed by atoms with Crippen LogP contribution in [0.5, 0.6) is 5.75 Å². The van der Waals surface area contributed by atoms with Crippen molar-refractivity contribution < 1.29 is 4.74 Å². The minimum absolute atomic E-state index is 0.0498. The van der Waals surface area contributed by atoms with Gasteiger partial charge in [-0.3, -0.25) is 0 Å². The van der Waals surface area contributed by atoms with Gasteiger partial charge in [-0.15, -0.1) is 0 Å². The highest BCUT2D eigenvalue weighted by atomic mass is 35.5. The third-order valence-corrected chi connectivity index (χ3v) is 4.37. The summed E-state index contributed by atoms with van der Waals surface area (Å²) in [4.78, 5) is 8.25. The third-order valence-electron chi connectivity index (χ3n) is 4.13. The first-order chi connectivity index (χ1) is 11.1. The molecule has 2 aromatic carbocycles. The molecule has 5 nitrogen and oxygen atoms in total. The molecule has 0 saturated carbocycles. The van der Waals surface area contributed by atoms with Crippen LogP contribution in [0.4, 0.5) is 11.8 Å². The van der Waals surface area contributed by atoms with Gasteiger partial charge in [-0.1, -0.05) is 23.7 Å². The normalized spacial score (nSPS) is 16.5. The van der Waals surface area contributed by atoms with E-state index in [0.29, 0.717) is 27.5 Å². The van der Waals surface area contributed by atoms with Gasteiger partial charge in [0, 0.05) is 5.02 Å². The first-order valence-corrected chi connectivity index (χ1v) is 7.76. The predicted octanol–water partition coefficient (Wildman–Crippen LogP) is 3.51. The maximum atomic E-state index is 6.23. The van der Waals surface area contributed by atoms with E-state index in [-0.39, 0.29) is 12.1 Å². The number of halogens is 1. The molecule has 0 saturated heterocycles. The van der Waals surface area contributed by atoms with Crippen LogP contribution in [0.15, 0.2) is 36.4 Å². The Morgan fingerprint density at radius 3 is 2.87 bits per heavy atom. The van der Waals surface area contributed by atoms with Crippen LogP contribution >= 0.6 is 11.6 Å². The summed E-state index contributed by atoms with van der Waals surface area (Å²) < 4.78 is 6.23. The Balaban J connectivity index is 1.77. The lowest BCUT2D eigenvalue weighted by Gasteiger charge is -2.17. The van der Waals surface area contributed by atoms with E-state index in [1.165, 1.54) is 5.56 Å². The Kier molecular flexibility index (Phi) is 3.23. The molecule has 0 spiro atoms. The van der Waals surface area contributed by atoms with Crippen molar-refractivity contribution in [2.24, 2.45) is 0 Å². The Bertz CT molecular complexity index is 912. The van der Waals surface area contributed by atoms with Crippen LogP contribution in [0.2, 0.25) is 5.02 Å². The number of hydrogen-bond donors (Lipinski definition) is 2. The lowest BCUT2D eigenvalue weighted by atomic mass is 10.1. The molecule has 1 atom stereocenters. The van der Waals surface area contributed by atoms with Crippen LogP contribution in [-0.2, 0) is 6.42 Å². The molecular formula is C17H15ClN4O. The van der Waals surface area contributed by atoms with Crippen LogP contribution in [0.3, 0.4) is 0 Å². The van der Waals surface area contributed by atoms with Crippen molar-refractivity contribution in [3.63, 3.8) is 0 Å². The predicted molar refractivity (Wildman–Crippen MR) is 91.5 cm³/mol. The van der Waals surface area contributed by atoms with Gasteiger partial charge in [0.2, 0.25) is 5.95 Å². The highest BCUT2D eigenvalue weighted by molar-refractivity contribution is 6.30. The molecule has 1 heterocycles. The van der Waals surface area contributed by atoms with Gasteiger partial charge in [0.25, 0.3) is 0 Å².